The number of rotatable bonds is 3. The number of nitrogens with one attached hydrogen (secondary N) is 2. The highest BCUT2D eigenvalue weighted by Gasteiger charge is 2.31. The number of hydrogen-bond donors (Lipinski definition) is 3. The van der Waals surface area contributed by atoms with Gasteiger partial charge in [0.25, 0.3) is 0 Å². The minimum absolute atomic E-state index is 0.0191. The molecule has 0 aromatic carbocycles. The molecular formula is C7H16N2O. The van der Waals surface area contributed by atoms with E-state index in [9.17, 15) is 0 Å². The second-order valence-corrected chi connectivity index (χ2v) is 2.90. The van der Waals surface area contributed by atoms with Crippen LogP contribution in [-0.4, -0.2) is 36.9 Å². The van der Waals surface area contributed by atoms with Gasteiger partial charge in [-0.25, -0.2) is 0 Å². The first-order valence-corrected chi connectivity index (χ1v) is 3.89. The first-order valence-electron chi connectivity index (χ1n) is 3.89. The predicted octanol–water partition coefficient (Wildman–Crippen LogP) is -0.680. The van der Waals surface area contributed by atoms with Crippen LogP contribution in [-0.2, 0) is 0 Å². The number of aliphatic hydroxyl groups is 1. The highest BCUT2D eigenvalue weighted by molar-refractivity contribution is 4.94. The van der Waals surface area contributed by atoms with Gasteiger partial charge in [0.05, 0.1) is 12.1 Å². The van der Waals surface area contributed by atoms with Gasteiger partial charge in [0, 0.05) is 6.54 Å². The first-order chi connectivity index (χ1) is 4.83. The van der Waals surface area contributed by atoms with Crippen molar-refractivity contribution >= 4 is 0 Å². The molecule has 10 heavy (non-hydrogen) atoms. The van der Waals surface area contributed by atoms with Crippen LogP contribution in [0.3, 0.4) is 0 Å². The minimum Gasteiger partial charge on any atom is -0.394 e. The molecule has 3 nitrogen and oxygen atoms in total. The third-order valence-corrected chi connectivity index (χ3v) is 2.10. The molecule has 3 heteroatoms. The summed E-state index contributed by atoms with van der Waals surface area (Å²) in [5, 5.41) is 15.6. The Hall–Kier alpha value is -0.120. The van der Waals surface area contributed by atoms with Gasteiger partial charge in [0.1, 0.15) is 0 Å². The summed E-state index contributed by atoms with van der Waals surface area (Å²) in [6.45, 7) is 5.16. The normalized spacial score (nSPS) is 33.0. The van der Waals surface area contributed by atoms with Gasteiger partial charge in [0.15, 0.2) is 0 Å². The maximum Gasteiger partial charge on any atom is 0.0626 e. The molecule has 0 amide bonds. The van der Waals surface area contributed by atoms with Crippen molar-refractivity contribution in [3.8, 4) is 0 Å². The Morgan fingerprint density at radius 2 is 2.50 bits per heavy atom. The van der Waals surface area contributed by atoms with E-state index in [0.29, 0.717) is 0 Å². The van der Waals surface area contributed by atoms with Crippen LogP contribution in [0.1, 0.15) is 13.3 Å². The van der Waals surface area contributed by atoms with Crippen molar-refractivity contribution in [1.29, 1.82) is 0 Å². The standard InChI is InChI=1S/C7H16N2O/c1-2-9-7(6-10)3-4-8-5-7/h8-10H,2-6H2,1H3. The van der Waals surface area contributed by atoms with Gasteiger partial charge < -0.3 is 15.7 Å². The molecule has 1 aliphatic rings. The second kappa shape index (κ2) is 3.32. The lowest BCUT2D eigenvalue weighted by molar-refractivity contribution is 0.177. The quantitative estimate of drug-likeness (QED) is 0.492. The van der Waals surface area contributed by atoms with Crippen molar-refractivity contribution in [1.82, 2.24) is 10.6 Å². The van der Waals surface area contributed by atoms with Gasteiger partial charge in [-0.3, -0.25) is 0 Å². The highest BCUT2D eigenvalue weighted by Crippen LogP contribution is 2.12. The summed E-state index contributed by atoms with van der Waals surface area (Å²) in [4.78, 5) is 0. The van der Waals surface area contributed by atoms with E-state index >= 15 is 0 Å². The van der Waals surface area contributed by atoms with Crippen LogP contribution >= 0.6 is 0 Å². The van der Waals surface area contributed by atoms with Crippen LogP contribution in [0.15, 0.2) is 0 Å². The van der Waals surface area contributed by atoms with Crippen molar-refractivity contribution < 1.29 is 5.11 Å². The van der Waals surface area contributed by atoms with Crippen LogP contribution in [0.5, 0.6) is 0 Å². The van der Waals surface area contributed by atoms with E-state index in [1.807, 2.05) is 0 Å². The third-order valence-electron chi connectivity index (χ3n) is 2.10. The van der Waals surface area contributed by atoms with E-state index < -0.39 is 0 Å². The third kappa shape index (κ3) is 1.48. The molecule has 3 N–H and O–H groups in total. The number of hydrogen-bond acceptors (Lipinski definition) is 3. The Morgan fingerprint density at radius 3 is 2.90 bits per heavy atom. The van der Waals surface area contributed by atoms with Crippen LogP contribution in [0, 0.1) is 0 Å². The van der Waals surface area contributed by atoms with Gasteiger partial charge in [-0.15, -0.1) is 0 Å². The molecule has 1 aliphatic heterocycles. The van der Waals surface area contributed by atoms with Crippen LogP contribution in [0.2, 0.25) is 0 Å². The van der Waals surface area contributed by atoms with Crippen molar-refractivity contribution in [2.24, 2.45) is 0 Å². The molecule has 0 radical (unpaired) electrons. The Labute approximate surface area is 61.8 Å². The lowest BCUT2D eigenvalue weighted by Crippen LogP contribution is -2.50. The Morgan fingerprint density at radius 1 is 1.70 bits per heavy atom. The summed E-state index contributed by atoms with van der Waals surface area (Å²) < 4.78 is 0. The van der Waals surface area contributed by atoms with Gasteiger partial charge >= 0.3 is 0 Å². The summed E-state index contributed by atoms with van der Waals surface area (Å²) in [6, 6.07) is 0. The summed E-state index contributed by atoms with van der Waals surface area (Å²) in [6.07, 6.45) is 1.04. The van der Waals surface area contributed by atoms with Gasteiger partial charge in [-0.1, -0.05) is 6.92 Å². The molecule has 60 valence electrons. The van der Waals surface area contributed by atoms with E-state index in [0.717, 1.165) is 26.1 Å². The summed E-state index contributed by atoms with van der Waals surface area (Å²) in [7, 11) is 0. The Balaban J connectivity index is 2.41. The van der Waals surface area contributed by atoms with E-state index in [2.05, 4.69) is 17.6 Å². The molecule has 1 saturated heterocycles. The summed E-state index contributed by atoms with van der Waals surface area (Å²) >= 11 is 0. The number of likely N-dealkylation sites (N-methyl/N-ethyl adjacent to an activating group) is 1. The molecule has 0 aromatic rings. The van der Waals surface area contributed by atoms with E-state index in [1.54, 1.807) is 0 Å². The largest absolute Gasteiger partial charge is 0.394 e. The molecule has 1 fully saturated rings. The fourth-order valence-electron chi connectivity index (χ4n) is 1.46. The van der Waals surface area contributed by atoms with E-state index in [1.165, 1.54) is 0 Å². The van der Waals surface area contributed by atoms with Gasteiger partial charge in [-0.2, -0.15) is 0 Å². The van der Waals surface area contributed by atoms with Crippen molar-refractivity contribution in [2.75, 3.05) is 26.2 Å². The Bertz CT molecular complexity index is 99.8. The SMILES string of the molecule is CCNC1(CO)CCNC1. The monoisotopic (exact) mass is 144 g/mol. The zero-order valence-corrected chi connectivity index (χ0v) is 6.48. The average molecular weight is 144 g/mol. The molecule has 0 bridgehead atoms. The fraction of sp³-hybridized carbons (Fsp3) is 1.00. The molecular weight excluding hydrogens is 128 g/mol. The molecule has 0 aromatic heterocycles. The molecule has 0 aliphatic carbocycles. The summed E-state index contributed by atoms with van der Waals surface area (Å²) in [5.41, 5.74) is -0.0191. The van der Waals surface area contributed by atoms with Crippen molar-refractivity contribution in [3.63, 3.8) is 0 Å². The van der Waals surface area contributed by atoms with Crippen molar-refractivity contribution in [3.05, 3.63) is 0 Å². The van der Waals surface area contributed by atoms with Gasteiger partial charge in [0.2, 0.25) is 0 Å². The molecule has 0 saturated carbocycles. The smallest absolute Gasteiger partial charge is 0.0626 e. The minimum atomic E-state index is -0.0191. The Kier molecular flexibility index (Phi) is 2.65. The highest BCUT2D eigenvalue weighted by atomic mass is 16.3. The molecule has 1 heterocycles. The van der Waals surface area contributed by atoms with E-state index in [-0.39, 0.29) is 12.1 Å². The second-order valence-electron chi connectivity index (χ2n) is 2.90. The van der Waals surface area contributed by atoms with Gasteiger partial charge in [-0.05, 0) is 19.5 Å². The maximum absolute atomic E-state index is 9.05. The molecule has 0 spiro atoms. The zero-order valence-electron chi connectivity index (χ0n) is 6.48. The topological polar surface area (TPSA) is 44.3 Å². The van der Waals surface area contributed by atoms with Crippen molar-refractivity contribution in [2.45, 2.75) is 18.9 Å². The average Bonchev–Trinajstić information content (AvgIpc) is 2.39. The van der Waals surface area contributed by atoms with Crippen LogP contribution in [0.25, 0.3) is 0 Å². The van der Waals surface area contributed by atoms with Crippen LogP contribution in [0.4, 0.5) is 0 Å². The zero-order chi connectivity index (χ0) is 7.45. The molecule has 1 rings (SSSR count). The maximum atomic E-state index is 9.05. The molecule has 1 unspecified atom stereocenters. The number of aliphatic hydroxyl groups excluding tert-OH is 1. The predicted molar refractivity (Wildman–Crippen MR) is 41.0 cm³/mol. The fourth-order valence-corrected chi connectivity index (χ4v) is 1.46. The summed E-state index contributed by atoms with van der Waals surface area (Å²) in [5.74, 6) is 0. The van der Waals surface area contributed by atoms with E-state index in [4.69, 9.17) is 5.11 Å². The van der Waals surface area contributed by atoms with Crippen LogP contribution < -0.4 is 10.6 Å². The first kappa shape index (κ1) is 7.98. The molecule has 1 atom stereocenters. The lowest BCUT2D eigenvalue weighted by atomic mass is 10.0. The lowest BCUT2D eigenvalue weighted by Gasteiger charge is -2.26.